The highest BCUT2D eigenvalue weighted by Gasteiger charge is 2.45. The lowest BCUT2D eigenvalue weighted by atomic mass is 9.55. The van der Waals surface area contributed by atoms with E-state index in [0.29, 0.717) is 17.5 Å². The molecule has 0 unspecified atom stereocenters. The molecule has 1 heterocycles. The summed E-state index contributed by atoms with van der Waals surface area (Å²) in [5, 5.41) is 2.33. The third-order valence-electron chi connectivity index (χ3n) is 10.3. The molecule has 7 aromatic rings. The smallest absolute Gasteiger partial charge is 0.164 e. The standard InChI is InChI=1S/C43H35N3/c1-42(2)37-18-12-11-17-35(37)36-27-34(23-24-38(36)43(42,3)4)41-45-39(29-15-9-6-10-16-29)44-40(46-41)33-22-21-31-25-30(19-20-32(31)26-33)28-13-7-5-8-14-28/h5-27H,1-4H3. The fourth-order valence-corrected chi connectivity index (χ4v) is 6.93. The number of benzene rings is 6. The monoisotopic (exact) mass is 593 g/mol. The number of hydrogen-bond acceptors (Lipinski definition) is 3. The Balaban J connectivity index is 1.27. The molecule has 3 nitrogen and oxygen atoms in total. The predicted molar refractivity (Wildman–Crippen MR) is 191 cm³/mol. The van der Waals surface area contributed by atoms with Crippen molar-refractivity contribution in [3.63, 3.8) is 0 Å². The Morgan fingerprint density at radius 1 is 0.348 bits per heavy atom. The lowest BCUT2D eigenvalue weighted by Gasteiger charge is -2.48. The van der Waals surface area contributed by atoms with Crippen molar-refractivity contribution in [2.45, 2.75) is 38.5 Å². The van der Waals surface area contributed by atoms with Crippen LogP contribution in [0.25, 0.3) is 67.2 Å². The van der Waals surface area contributed by atoms with Gasteiger partial charge >= 0.3 is 0 Å². The van der Waals surface area contributed by atoms with Gasteiger partial charge in [-0.1, -0.05) is 149 Å². The topological polar surface area (TPSA) is 38.7 Å². The molecular weight excluding hydrogens is 558 g/mol. The Morgan fingerprint density at radius 2 is 0.804 bits per heavy atom. The minimum atomic E-state index is -0.0554. The summed E-state index contributed by atoms with van der Waals surface area (Å²) in [5.41, 5.74) is 10.5. The Labute approximate surface area is 270 Å². The van der Waals surface area contributed by atoms with Gasteiger partial charge in [0, 0.05) is 16.7 Å². The molecule has 0 atom stereocenters. The highest BCUT2D eigenvalue weighted by atomic mass is 15.0. The molecule has 0 saturated heterocycles. The molecule has 0 aliphatic heterocycles. The molecule has 0 N–H and O–H groups in total. The Morgan fingerprint density at radius 3 is 1.46 bits per heavy atom. The lowest BCUT2D eigenvalue weighted by molar-refractivity contribution is 0.299. The number of rotatable bonds is 4. The van der Waals surface area contributed by atoms with Crippen LogP contribution in [0.15, 0.2) is 140 Å². The van der Waals surface area contributed by atoms with Crippen LogP contribution in [-0.4, -0.2) is 15.0 Å². The molecule has 1 aliphatic carbocycles. The zero-order valence-corrected chi connectivity index (χ0v) is 26.6. The van der Waals surface area contributed by atoms with E-state index in [0.717, 1.165) is 22.1 Å². The summed E-state index contributed by atoms with van der Waals surface area (Å²) in [6, 6.07) is 49.4. The maximum Gasteiger partial charge on any atom is 0.164 e. The number of nitrogens with zero attached hydrogens (tertiary/aromatic N) is 3. The highest BCUT2D eigenvalue weighted by molar-refractivity contribution is 5.90. The third kappa shape index (κ3) is 4.54. The summed E-state index contributed by atoms with van der Waals surface area (Å²) in [7, 11) is 0. The summed E-state index contributed by atoms with van der Waals surface area (Å²) in [4.78, 5) is 15.2. The number of aromatic nitrogens is 3. The van der Waals surface area contributed by atoms with Crippen LogP contribution in [0.2, 0.25) is 0 Å². The molecule has 8 rings (SSSR count). The predicted octanol–water partition coefficient (Wildman–Crippen LogP) is 10.9. The lowest BCUT2D eigenvalue weighted by Crippen LogP contribution is -2.43. The van der Waals surface area contributed by atoms with Gasteiger partial charge in [0.25, 0.3) is 0 Å². The van der Waals surface area contributed by atoms with Gasteiger partial charge in [0.1, 0.15) is 0 Å². The van der Waals surface area contributed by atoms with Crippen LogP contribution in [0.5, 0.6) is 0 Å². The molecule has 0 fully saturated rings. The van der Waals surface area contributed by atoms with E-state index >= 15 is 0 Å². The van der Waals surface area contributed by atoms with Crippen LogP contribution in [0.3, 0.4) is 0 Å². The van der Waals surface area contributed by atoms with E-state index in [9.17, 15) is 0 Å². The molecule has 0 bridgehead atoms. The second kappa shape index (κ2) is 10.6. The van der Waals surface area contributed by atoms with E-state index in [4.69, 9.17) is 15.0 Å². The van der Waals surface area contributed by atoms with Gasteiger partial charge in [0.05, 0.1) is 0 Å². The van der Waals surface area contributed by atoms with Crippen molar-refractivity contribution in [3.8, 4) is 56.4 Å². The van der Waals surface area contributed by atoms with Gasteiger partial charge < -0.3 is 0 Å². The summed E-state index contributed by atoms with van der Waals surface area (Å²) in [6.07, 6.45) is 0. The van der Waals surface area contributed by atoms with Crippen LogP contribution in [-0.2, 0) is 10.8 Å². The molecule has 3 heteroatoms. The van der Waals surface area contributed by atoms with Gasteiger partial charge in [-0.2, -0.15) is 0 Å². The molecule has 1 aliphatic rings. The van der Waals surface area contributed by atoms with Crippen LogP contribution in [0.4, 0.5) is 0 Å². The van der Waals surface area contributed by atoms with E-state index in [-0.39, 0.29) is 10.8 Å². The van der Waals surface area contributed by atoms with Crippen LogP contribution >= 0.6 is 0 Å². The van der Waals surface area contributed by atoms with Crippen LogP contribution in [0, 0.1) is 0 Å². The Hall–Kier alpha value is -5.41. The third-order valence-corrected chi connectivity index (χ3v) is 10.3. The summed E-state index contributed by atoms with van der Waals surface area (Å²) in [5.74, 6) is 2.00. The second-order valence-corrected chi connectivity index (χ2v) is 13.4. The van der Waals surface area contributed by atoms with Crippen molar-refractivity contribution in [1.82, 2.24) is 15.0 Å². The summed E-state index contributed by atoms with van der Waals surface area (Å²) >= 11 is 0. The van der Waals surface area contributed by atoms with Crippen molar-refractivity contribution in [2.75, 3.05) is 0 Å². The molecule has 0 spiro atoms. The second-order valence-electron chi connectivity index (χ2n) is 13.4. The normalized spacial score (nSPS) is 14.4. The SMILES string of the molecule is CC1(C)c2ccccc2-c2cc(-c3nc(-c4ccccc4)nc(-c4ccc5cc(-c6ccccc6)ccc5c4)n3)ccc2C1(C)C. The Kier molecular flexibility index (Phi) is 6.47. The van der Waals surface area contributed by atoms with Gasteiger partial charge in [-0.25, -0.2) is 15.0 Å². The quantitative estimate of drug-likeness (QED) is 0.204. The van der Waals surface area contributed by atoms with Crippen molar-refractivity contribution < 1.29 is 0 Å². The molecule has 1 aromatic heterocycles. The summed E-state index contributed by atoms with van der Waals surface area (Å²) < 4.78 is 0. The first-order chi connectivity index (χ1) is 22.3. The minimum Gasteiger partial charge on any atom is -0.208 e. The van der Waals surface area contributed by atoms with Gasteiger partial charge in [-0.15, -0.1) is 0 Å². The first-order valence-electron chi connectivity index (χ1n) is 16.0. The maximum atomic E-state index is 5.12. The molecular formula is C43H35N3. The maximum absolute atomic E-state index is 5.12. The van der Waals surface area contributed by atoms with Crippen LogP contribution in [0.1, 0.15) is 38.8 Å². The molecule has 0 amide bonds. The number of fused-ring (bicyclic) bond motifs is 4. The van der Waals surface area contributed by atoms with Crippen molar-refractivity contribution in [3.05, 3.63) is 151 Å². The van der Waals surface area contributed by atoms with Gasteiger partial charge in [-0.3, -0.25) is 0 Å². The molecule has 6 aromatic carbocycles. The zero-order chi connectivity index (χ0) is 31.5. The van der Waals surface area contributed by atoms with Gasteiger partial charge in [0.15, 0.2) is 17.5 Å². The van der Waals surface area contributed by atoms with Crippen molar-refractivity contribution in [2.24, 2.45) is 0 Å². The van der Waals surface area contributed by atoms with E-state index in [2.05, 4.69) is 143 Å². The largest absolute Gasteiger partial charge is 0.208 e. The molecule has 0 radical (unpaired) electrons. The van der Waals surface area contributed by atoms with E-state index in [1.807, 2.05) is 24.3 Å². The van der Waals surface area contributed by atoms with E-state index in [1.54, 1.807) is 0 Å². The van der Waals surface area contributed by atoms with E-state index < -0.39 is 0 Å². The van der Waals surface area contributed by atoms with Crippen molar-refractivity contribution >= 4 is 10.8 Å². The van der Waals surface area contributed by atoms with Gasteiger partial charge in [-0.05, 0) is 73.2 Å². The van der Waals surface area contributed by atoms with Crippen molar-refractivity contribution in [1.29, 1.82) is 0 Å². The molecule has 46 heavy (non-hydrogen) atoms. The molecule has 0 saturated carbocycles. The van der Waals surface area contributed by atoms with Gasteiger partial charge in [0.2, 0.25) is 0 Å². The van der Waals surface area contributed by atoms with E-state index in [1.165, 1.54) is 38.8 Å². The average molecular weight is 594 g/mol. The minimum absolute atomic E-state index is 0.0170. The number of hydrogen-bond donors (Lipinski definition) is 0. The molecule has 222 valence electrons. The summed E-state index contributed by atoms with van der Waals surface area (Å²) in [6.45, 7) is 9.44. The van der Waals surface area contributed by atoms with Crippen LogP contribution < -0.4 is 0 Å². The average Bonchev–Trinajstić information content (AvgIpc) is 3.11. The highest BCUT2D eigenvalue weighted by Crippen LogP contribution is 2.54. The Bertz CT molecular complexity index is 2250. The first-order valence-corrected chi connectivity index (χ1v) is 16.0. The first kappa shape index (κ1) is 28.1. The fraction of sp³-hybridized carbons (Fsp3) is 0.140. The fourth-order valence-electron chi connectivity index (χ4n) is 6.93. The zero-order valence-electron chi connectivity index (χ0n) is 26.6.